The molecule has 0 aliphatic carbocycles. The van der Waals surface area contributed by atoms with E-state index in [4.69, 9.17) is 19.9 Å². The van der Waals surface area contributed by atoms with Crippen molar-refractivity contribution in [2.75, 3.05) is 0 Å². The molecule has 0 saturated carbocycles. The van der Waals surface area contributed by atoms with Crippen LogP contribution in [0.2, 0.25) is 0 Å². The van der Waals surface area contributed by atoms with Gasteiger partial charge in [0.15, 0.2) is 17.5 Å². The summed E-state index contributed by atoms with van der Waals surface area (Å²) in [5.41, 5.74) is 9.07. The smallest absolute Gasteiger partial charge is 0.164 e. The van der Waals surface area contributed by atoms with Gasteiger partial charge < -0.3 is 9.55 Å². The van der Waals surface area contributed by atoms with Gasteiger partial charge in [0.25, 0.3) is 0 Å². The Labute approximate surface area is 264 Å². The molecule has 216 valence electrons. The summed E-state index contributed by atoms with van der Waals surface area (Å²) in [4.78, 5) is 23.3. The number of hydrogen-bond donors (Lipinski definition) is 1. The van der Waals surface area contributed by atoms with Crippen molar-refractivity contribution < 1.29 is 0 Å². The molecule has 0 fully saturated rings. The number of hydrogen-bond acceptors (Lipinski definition) is 4. The van der Waals surface area contributed by atoms with Gasteiger partial charge in [0.05, 0.1) is 22.1 Å². The van der Waals surface area contributed by atoms with Crippen LogP contribution in [0.3, 0.4) is 0 Å². The van der Waals surface area contributed by atoms with Crippen molar-refractivity contribution in [3.05, 3.63) is 152 Å². The molecule has 46 heavy (non-hydrogen) atoms. The molecular weight excluding hydrogens is 564 g/mol. The number of benzene rings is 6. The number of imidazole rings is 1. The zero-order chi connectivity index (χ0) is 30.5. The van der Waals surface area contributed by atoms with Gasteiger partial charge in [-0.05, 0) is 42.5 Å². The Bertz CT molecular complexity index is 2440. The van der Waals surface area contributed by atoms with Crippen molar-refractivity contribution in [2.45, 2.75) is 0 Å². The summed E-state index contributed by atoms with van der Waals surface area (Å²) in [5, 5.41) is 2.37. The first-order chi connectivity index (χ1) is 22.8. The third kappa shape index (κ3) is 4.35. The van der Waals surface area contributed by atoms with Gasteiger partial charge in [0, 0.05) is 38.7 Å². The molecule has 3 heterocycles. The van der Waals surface area contributed by atoms with Crippen molar-refractivity contribution in [1.29, 1.82) is 0 Å². The maximum absolute atomic E-state index is 4.97. The molecule has 0 aliphatic rings. The van der Waals surface area contributed by atoms with E-state index in [0.29, 0.717) is 17.5 Å². The molecule has 0 bridgehead atoms. The fourth-order valence-electron chi connectivity index (χ4n) is 6.23. The van der Waals surface area contributed by atoms with E-state index in [0.717, 1.165) is 55.8 Å². The summed E-state index contributed by atoms with van der Waals surface area (Å²) in [6.07, 6.45) is 0. The molecule has 0 amide bonds. The fraction of sp³-hybridized carbons (Fsp3) is 0. The van der Waals surface area contributed by atoms with Crippen LogP contribution in [-0.4, -0.2) is 29.5 Å². The maximum atomic E-state index is 4.97. The molecule has 6 nitrogen and oxygen atoms in total. The van der Waals surface area contributed by atoms with Crippen molar-refractivity contribution in [3.8, 4) is 51.2 Å². The van der Waals surface area contributed by atoms with Gasteiger partial charge in [0.1, 0.15) is 5.82 Å². The van der Waals surface area contributed by atoms with E-state index in [1.807, 2.05) is 78.9 Å². The Morgan fingerprint density at radius 2 is 0.935 bits per heavy atom. The molecule has 0 radical (unpaired) electrons. The van der Waals surface area contributed by atoms with Crippen LogP contribution in [0.15, 0.2) is 152 Å². The summed E-state index contributed by atoms with van der Waals surface area (Å²) in [6, 6.07) is 51.7. The average molecular weight is 591 g/mol. The number of rotatable bonds is 5. The number of nitrogens with one attached hydrogen (secondary N) is 1. The lowest BCUT2D eigenvalue weighted by molar-refractivity contribution is 1.07. The topological polar surface area (TPSA) is 72.3 Å². The minimum atomic E-state index is 0.630. The summed E-state index contributed by atoms with van der Waals surface area (Å²) < 4.78 is 2.32. The van der Waals surface area contributed by atoms with Crippen LogP contribution < -0.4 is 0 Å². The monoisotopic (exact) mass is 590 g/mol. The quantitative estimate of drug-likeness (QED) is 0.217. The number of aromatic nitrogens is 6. The van der Waals surface area contributed by atoms with E-state index >= 15 is 0 Å². The number of H-pyrrole nitrogens is 1. The van der Waals surface area contributed by atoms with Gasteiger partial charge in [0.2, 0.25) is 0 Å². The van der Waals surface area contributed by atoms with Gasteiger partial charge in [-0.1, -0.05) is 109 Å². The second-order valence-electron chi connectivity index (χ2n) is 11.2. The first-order valence-corrected chi connectivity index (χ1v) is 15.3. The maximum Gasteiger partial charge on any atom is 0.164 e. The molecule has 0 aliphatic heterocycles. The largest absolute Gasteiger partial charge is 0.336 e. The normalized spacial score (nSPS) is 11.5. The van der Waals surface area contributed by atoms with E-state index in [2.05, 4.69) is 82.3 Å². The Hall–Kier alpha value is -6.40. The minimum absolute atomic E-state index is 0.630. The van der Waals surface area contributed by atoms with E-state index < -0.39 is 0 Å². The van der Waals surface area contributed by atoms with Crippen LogP contribution in [0.1, 0.15) is 0 Å². The molecule has 1 N–H and O–H groups in total. The van der Waals surface area contributed by atoms with Crippen LogP contribution in [-0.2, 0) is 0 Å². The Kier molecular flexibility index (Phi) is 6.03. The van der Waals surface area contributed by atoms with E-state index in [1.165, 1.54) is 10.8 Å². The van der Waals surface area contributed by atoms with Crippen molar-refractivity contribution in [2.24, 2.45) is 0 Å². The highest BCUT2D eigenvalue weighted by Crippen LogP contribution is 2.37. The third-order valence-electron chi connectivity index (χ3n) is 8.42. The van der Waals surface area contributed by atoms with Crippen LogP contribution in [0, 0.1) is 0 Å². The molecule has 0 spiro atoms. The van der Waals surface area contributed by atoms with Crippen LogP contribution in [0.4, 0.5) is 0 Å². The second kappa shape index (κ2) is 10.6. The van der Waals surface area contributed by atoms with Crippen molar-refractivity contribution in [1.82, 2.24) is 29.5 Å². The lowest BCUT2D eigenvalue weighted by Gasteiger charge is -2.11. The van der Waals surface area contributed by atoms with Crippen molar-refractivity contribution >= 4 is 32.8 Å². The van der Waals surface area contributed by atoms with Crippen LogP contribution in [0.5, 0.6) is 0 Å². The Morgan fingerprint density at radius 1 is 0.413 bits per heavy atom. The molecule has 0 unspecified atom stereocenters. The van der Waals surface area contributed by atoms with Gasteiger partial charge in [-0.25, -0.2) is 19.9 Å². The second-order valence-corrected chi connectivity index (χ2v) is 11.2. The molecular formula is C40H26N6. The molecule has 0 atom stereocenters. The number of nitrogens with zero attached hydrogens (tertiary/aromatic N) is 5. The summed E-state index contributed by atoms with van der Waals surface area (Å²) in [5.74, 6) is 2.78. The van der Waals surface area contributed by atoms with Crippen molar-refractivity contribution in [3.63, 3.8) is 0 Å². The van der Waals surface area contributed by atoms with Crippen LogP contribution >= 0.6 is 0 Å². The van der Waals surface area contributed by atoms with Gasteiger partial charge in [-0.15, -0.1) is 0 Å². The minimum Gasteiger partial charge on any atom is -0.336 e. The number of aromatic amines is 1. The molecule has 0 saturated heterocycles. The zero-order valence-electron chi connectivity index (χ0n) is 24.7. The third-order valence-corrected chi connectivity index (χ3v) is 8.42. The van der Waals surface area contributed by atoms with Crippen LogP contribution in [0.25, 0.3) is 84.1 Å². The van der Waals surface area contributed by atoms with E-state index in [-0.39, 0.29) is 0 Å². The van der Waals surface area contributed by atoms with Gasteiger partial charge in [-0.3, -0.25) is 0 Å². The Balaban J connectivity index is 1.21. The molecule has 6 heteroatoms. The lowest BCUT2D eigenvalue weighted by atomic mass is 10.1. The number of fused-ring (bicyclic) bond motifs is 5. The molecule has 6 aromatic carbocycles. The molecule has 9 rings (SSSR count). The molecule has 9 aromatic rings. The summed E-state index contributed by atoms with van der Waals surface area (Å²) in [6.45, 7) is 0. The highest BCUT2D eigenvalue weighted by molar-refractivity contribution is 6.17. The fourth-order valence-corrected chi connectivity index (χ4v) is 6.23. The van der Waals surface area contributed by atoms with Gasteiger partial charge in [-0.2, -0.15) is 0 Å². The van der Waals surface area contributed by atoms with Gasteiger partial charge >= 0.3 is 0 Å². The van der Waals surface area contributed by atoms with E-state index in [9.17, 15) is 0 Å². The van der Waals surface area contributed by atoms with E-state index in [1.54, 1.807) is 0 Å². The highest BCUT2D eigenvalue weighted by atomic mass is 15.0. The average Bonchev–Trinajstić information content (AvgIpc) is 3.73. The zero-order valence-corrected chi connectivity index (χ0v) is 24.7. The predicted octanol–water partition coefficient (Wildman–Crippen LogP) is 9.51. The predicted molar refractivity (Wildman–Crippen MR) is 186 cm³/mol. The summed E-state index contributed by atoms with van der Waals surface area (Å²) >= 11 is 0. The summed E-state index contributed by atoms with van der Waals surface area (Å²) in [7, 11) is 0. The first-order valence-electron chi connectivity index (χ1n) is 15.3. The Morgan fingerprint density at radius 3 is 1.54 bits per heavy atom. The highest BCUT2D eigenvalue weighted by Gasteiger charge is 2.18. The standard InChI is InChI=1S/C40H26N6/c1-4-12-26(13-5-1)37-41-33-25-24-32-31-18-10-11-19-34(31)46(36(32)35(33)42-37)30-22-20-29(21-23-30)40-44-38(27-14-6-2-7-15-27)43-39(45-40)28-16-8-3-9-17-28/h1-25H,(H,41,42). The SMILES string of the molecule is c1ccc(-c2nc(-c3ccccc3)nc(-c3ccc(-n4c5ccccc5c5ccc6nc(-c7ccccc7)[nH]c6c54)cc3)n2)cc1. The molecule has 3 aromatic heterocycles. The number of para-hydroxylation sites is 1. The first kappa shape index (κ1) is 26.0. The lowest BCUT2D eigenvalue weighted by Crippen LogP contribution is -2.00.